The lowest BCUT2D eigenvalue weighted by Crippen LogP contribution is -2.06. The summed E-state index contributed by atoms with van der Waals surface area (Å²) >= 11 is 0.881. The van der Waals surface area contributed by atoms with E-state index >= 15 is 0 Å². The van der Waals surface area contributed by atoms with Crippen LogP contribution in [0, 0.1) is 0 Å². The minimum Gasteiger partial charge on any atom is -0.462 e. The van der Waals surface area contributed by atoms with Gasteiger partial charge < -0.3 is 10.5 Å². The van der Waals surface area contributed by atoms with Crippen LogP contribution in [0.1, 0.15) is 22.2 Å². The number of rotatable bonds is 3. The predicted molar refractivity (Wildman–Crippen MR) is 72.9 cm³/mol. The molecule has 4 nitrogen and oxygen atoms in total. The number of hydrogen-bond donors (Lipinski definition) is 1. The molecule has 0 fully saturated rings. The van der Waals surface area contributed by atoms with Crippen molar-refractivity contribution >= 4 is 22.4 Å². The molecule has 8 heteroatoms. The fraction of sp³-hybridized carbons (Fsp3) is 0.231. The molecule has 0 saturated carbocycles. The van der Waals surface area contributed by atoms with Crippen molar-refractivity contribution in [3.63, 3.8) is 0 Å². The summed E-state index contributed by atoms with van der Waals surface area (Å²) in [6.07, 6.45) is -4.47. The second-order valence-corrected chi connectivity index (χ2v) is 5.06. The molecule has 1 aromatic heterocycles. The van der Waals surface area contributed by atoms with Gasteiger partial charge in [-0.1, -0.05) is 23.5 Å². The zero-order valence-corrected chi connectivity index (χ0v) is 11.7. The van der Waals surface area contributed by atoms with Gasteiger partial charge >= 0.3 is 12.1 Å². The predicted octanol–water partition coefficient (Wildman–Crippen LogP) is 3.59. The normalized spacial score (nSPS) is 11.4. The number of benzene rings is 1. The van der Waals surface area contributed by atoms with E-state index < -0.39 is 17.7 Å². The van der Waals surface area contributed by atoms with Crippen LogP contribution in [-0.2, 0) is 10.9 Å². The number of nitrogen functional groups attached to an aromatic ring is 1. The van der Waals surface area contributed by atoms with E-state index in [1.165, 1.54) is 12.1 Å². The third-order valence-electron chi connectivity index (χ3n) is 2.57. The molecule has 1 aromatic carbocycles. The van der Waals surface area contributed by atoms with E-state index in [0.29, 0.717) is 0 Å². The molecular formula is C13H11F3N2O2S. The number of alkyl halides is 3. The van der Waals surface area contributed by atoms with Crippen LogP contribution in [0.15, 0.2) is 24.3 Å². The average Bonchev–Trinajstić information content (AvgIpc) is 2.80. The Morgan fingerprint density at radius 1 is 1.43 bits per heavy atom. The van der Waals surface area contributed by atoms with Gasteiger partial charge in [-0.3, -0.25) is 0 Å². The number of anilines is 1. The van der Waals surface area contributed by atoms with Crippen molar-refractivity contribution < 1.29 is 22.7 Å². The van der Waals surface area contributed by atoms with Gasteiger partial charge in [0.05, 0.1) is 17.9 Å². The van der Waals surface area contributed by atoms with Crippen LogP contribution < -0.4 is 5.73 Å². The molecule has 0 amide bonds. The van der Waals surface area contributed by atoms with E-state index in [0.717, 1.165) is 23.5 Å². The number of ether oxygens (including phenoxy) is 1. The molecule has 0 unspecified atom stereocenters. The Balaban J connectivity index is 2.50. The largest absolute Gasteiger partial charge is 0.462 e. The summed E-state index contributed by atoms with van der Waals surface area (Å²) in [5.41, 5.74) is 5.00. The van der Waals surface area contributed by atoms with Gasteiger partial charge in [0.1, 0.15) is 4.88 Å². The van der Waals surface area contributed by atoms with Crippen molar-refractivity contribution in [1.29, 1.82) is 0 Å². The van der Waals surface area contributed by atoms with E-state index in [9.17, 15) is 18.0 Å². The quantitative estimate of drug-likeness (QED) is 0.879. The second-order valence-electron chi connectivity index (χ2n) is 4.03. The van der Waals surface area contributed by atoms with E-state index in [4.69, 9.17) is 10.5 Å². The van der Waals surface area contributed by atoms with Crippen LogP contribution >= 0.6 is 11.3 Å². The molecule has 21 heavy (non-hydrogen) atoms. The van der Waals surface area contributed by atoms with Gasteiger partial charge in [-0.05, 0) is 19.1 Å². The molecule has 0 radical (unpaired) electrons. The summed E-state index contributed by atoms with van der Waals surface area (Å²) in [5, 5.41) is 0.0884. The number of thiazole rings is 1. The molecule has 2 rings (SSSR count). The first-order valence-electron chi connectivity index (χ1n) is 5.94. The molecule has 0 spiro atoms. The van der Waals surface area contributed by atoms with Crippen molar-refractivity contribution in [2.24, 2.45) is 0 Å². The zero-order valence-electron chi connectivity index (χ0n) is 10.9. The standard InChI is InChI=1S/C13H11F3N2O2S/c1-2-20-11(19)10-9(18-12(17)21-10)7-4-3-5-8(6-7)13(14,15)16/h3-6H,2H2,1H3,(H2,17,18). The van der Waals surface area contributed by atoms with Gasteiger partial charge in [-0.25, -0.2) is 9.78 Å². The van der Waals surface area contributed by atoms with Crippen LogP contribution in [0.3, 0.4) is 0 Å². The van der Waals surface area contributed by atoms with Crippen molar-refractivity contribution in [2.75, 3.05) is 12.3 Å². The van der Waals surface area contributed by atoms with Crippen molar-refractivity contribution in [3.8, 4) is 11.3 Å². The minimum absolute atomic E-state index is 0.0884. The molecule has 1 heterocycles. The maximum Gasteiger partial charge on any atom is 0.416 e. The van der Waals surface area contributed by atoms with Gasteiger partial charge in [-0.2, -0.15) is 13.2 Å². The van der Waals surface area contributed by atoms with Crippen LogP contribution in [0.4, 0.5) is 18.3 Å². The first-order chi connectivity index (χ1) is 9.82. The third kappa shape index (κ3) is 3.33. The SMILES string of the molecule is CCOC(=O)c1sc(N)nc1-c1cccc(C(F)(F)F)c1. The first-order valence-corrected chi connectivity index (χ1v) is 6.75. The summed E-state index contributed by atoms with van der Waals surface area (Å²) in [4.78, 5) is 15.8. The average molecular weight is 316 g/mol. The van der Waals surface area contributed by atoms with Crippen LogP contribution in [0.5, 0.6) is 0 Å². The summed E-state index contributed by atoms with van der Waals surface area (Å²) < 4.78 is 43.1. The maximum absolute atomic E-state index is 12.7. The summed E-state index contributed by atoms with van der Waals surface area (Å²) in [6.45, 7) is 1.78. The molecule has 112 valence electrons. The highest BCUT2D eigenvalue weighted by molar-refractivity contribution is 7.17. The molecule has 0 aliphatic carbocycles. The van der Waals surface area contributed by atoms with E-state index in [2.05, 4.69) is 4.98 Å². The Morgan fingerprint density at radius 2 is 2.14 bits per heavy atom. The highest BCUT2D eigenvalue weighted by atomic mass is 32.1. The number of aromatic nitrogens is 1. The molecule has 2 aromatic rings. The Morgan fingerprint density at radius 3 is 2.76 bits per heavy atom. The smallest absolute Gasteiger partial charge is 0.416 e. The summed E-state index contributed by atoms with van der Waals surface area (Å²) in [7, 11) is 0. The van der Waals surface area contributed by atoms with Gasteiger partial charge in [0.25, 0.3) is 0 Å². The lowest BCUT2D eigenvalue weighted by atomic mass is 10.1. The fourth-order valence-corrected chi connectivity index (χ4v) is 2.46. The van der Waals surface area contributed by atoms with Gasteiger partial charge in [0.2, 0.25) is 0 Å². The minimum atomic E-state index is -4.47. The summed E-state index contributed by atoms with van der Waals surface area (Å²) in [6, 6.07) is 4.57. The van der Waals surface area contributed by atoms with Crippen LogP contribution in [0.25, 0.3) is 11.3 Å². The maximum atomic E-state index is 12.7. The fourth-order valence-electron chi connectivity index (χ4n) is 1.71. The number of nitrogens with two attached hydrogens (primary N) is 1. The third-order valence-corrected chi connectivity index (χ3v) is 3.43. The van der Waals surface area contributed by atoms with Gasteiger partial charge in [0.15, 0.2) is 5.13 Å². The van der Waals surface area contributed by atoms with Gasteiger partial charge in [-0.15, -0.1) is 0 Å². The zero-order chi connectivity index (χ0) is 15.6. The number of nitrogens with zero attached hydrogens (tertiary/aromatic N) is 1. The Bertz CT molecular complexity index is 668. The van der Waals surface area contributed by atoms with Crippen molar-refractivity contribution in [2.45, 2.75) is 13.1 Å². The van der Waals surface area contributed by atoms with E-state index in [1.54, 1.807) is 6.92 Å². The lowest BCUT2D eigenvalue weighted by Gasteiger charge is -2.08. The van der Waals surface area contributed by atoms with Crippen molar-refractivity contribution in [1.82, 2.24) is 4.98 Å². The highest BCUT2D eigenvalue weighted by Crippen LogP contribution is 2.35. The molecule has 0 bridgehead atoms. The molecule has 0 saturated heterocycles. The lowest BCUT2D eigenvalue weighted by molar-refractivity contribution is -0.137. The first kappa shape index (κ1) is 15.3. The topological polar surface area (TPSA) is 65.2 Å². The van der Waals surface area contributed by atoms with Crippen LogP contribution in [-0.4, -0.2) is 17.6 Å². The number of halogens is 3. The highest BCUT2D eigenvalue weighted by Gasteiger charge is 2.31. The summed E-state index contributed by atoms with van der Waals surface area (Å²) in [5.74, 6) is -0.654. The van der Waals surface area contributed by atoms with Crippen molar-refractivity contribution in [3.05, 3.63) is 34.7 Å². The Kier molecular flexibility index (Phi) is 4.17. The Labute approximate surface area is 122 Å². The molecule has 0 aliphatic rings. The van der Waals surface area contributed by atoms with E-state index in [1.807, 2.05) is 0 Å². The number of carbonyl (C=O) groups excluding carboxylic acids is 1. The molecule has 0 atom stereocenters. The number of carbonyl (C=O) groups is 1. The number of hydrogen-bond acceptors (Lipinski definition) is 5. The number of esters is 1. The molecule has 0 aliphatic heterocycles. The molecule has 2 N–H and O–H groups in total. The van der Waals surface area contributed by atoms with Gasteiger partial charge in [0, 0.05) is 5.56 Å². The Hall–Kier alpha value is -2.09. The molecular weight excluding hydrogens is 305 g/mol. The van der Waals surface area contributed by atoms with E-state index in [-0.39, 0.29) is 27.9 Å². The van der Waals surface area contributed by atoms with Crippen LogP contribution in [0.2, 0.25) is 0 Å². The second kappa shape index (κ2) is 5.72. The monoisotopic (exact) mass is 316 g/mol.